The van der Waals surface area contributed by atoms with Crippen LogP contribution in [0.1, 0.15) is 12.0 Å². The van der Waals surface area contributed by atoms with Gasteiger partial charge in [0.1, 0.15) is 5.75 Å². The summed E-state index contributed by atoms with van der Waals surface area (Å²) in [5, 5.41) is 2.76. The van der Waals surface area contributed by atoms with Gasteiger partial charge in [-0.05, 0) is 24.1 Å². The minimum absolute atomic E-state index is 0.0118. The molecule has 1 aromatic rings. The third-order valence-electron chi connectivity index (χ3n) is 3.13. The summed E-state index contributed by atoms with van der Waals surface area (Å²) in [6.45, 7) is 1.44. The first-order valence-electron chi connectivity index (χ1n) is 6.36. The Hall–Kier alpha value is -2.04. The normalized spacial score (nSPS) is 15.6. The molecular weight excluding hydrogens is 244 g/mol. The van der Waals surface area contributed by atoms with E-state index in [1.54, 1.807) is 12.0 Å². The van der Waals surface area contributed by atoms with Crippen molar-refractivity contribution in [3.8, 4) is 5.75 Å². The third kappa shape index (κ3) is 3.71. The van der Waals surface area contributed by atoms with Gasteiger partial charge in [0.15, 0.2) is 0 Å². The maximum Gasteiger partial charge on any atom is 0.239 e. The van der Waals surface area contributed by atoms with Crippen LogP contribution in [0.3, 0.4) is 0 Å². The van der Waals surface area contributed by atoms with E-state index >= 15 is 0 Å². The van der Waals surface area contributed by atoms with Gasteiger partial charge in [0.25, 0.3) is 0 Å². The lowest BCUT2D eigenvalue weighted by Gasteiger charge is -2.19. The quantitative estimate of drug-likeness (QED) is 0.867. The number of nitrogens with one attached hydrogen (secondary N) is 1. The van der Waals surface area contributed by atoms with Crippen molar-refractivity contribution in [1.29, 1.82) is 0 Å². The van der Waals surface area contributed by atoms with E-state index in [4.69, 9.17) is 4.74 Å². The second-order valence-electron chi connectivity index (χ2n) is 4.54. The van der Waals surface area contributed by atoms with Gasteiger partial charge in [0.05, 0.1) is 20.1 Å². The molecule has 0 saturated carbocycles. The van der Waals surface area contributed by atoms with Crippen molar-refractivity contribution in [2.75, 3.05) is 26.7 Å². The smallest absolute Gasteiger partial charge is 0.239 e. The van der Waals surface area contributed by atoms with Gasteiger partial charge in [0.2, 0.25) is 11.8 Å². The second-order valence-corrected chi connectivity index (χ2v) is 4.54. The summed E-state index contributed by atoms with van der Waals surface area (Å²) < 4.78 is 5.07. The summed E-state index contributed by atoms with van der Waals surface area (Å²) in [5.41, 5.74) is 0.926. The number of carbonyl (C=O) groups is 2. The highest BCUT2D eigenvalue weighted by Crippen LogP contribution is 2.12. The maximum absolute atomic E-state index is 12.1. The highest BCUT2D eigenvalue weighted by atomic mass is 16.5. The molecule has 1 aromatic carbocycles. The van der Waals surface area contributed by atoms with Crippen molar-refractivity contribution in [3.05, 3.63) is 29.8 Å². The highest BCUT2D eigenvalue weighted by Gasteiger charge is 2.19. The number of carbonyl (C=O) groups excluding carboxylic acids is 2. The summed E-state index contributed by atoms with van der Waals surface area (Å²) >= 11 is 0. The van der Waals surface area contributed by atoms with Gasteiger partial charge >= 0.3 is 0 Å². The maximum atomic E-state index is 12.1. The number of benzene rings is 1. The van der Waals surface area contributed by atoms with Crippen LogP contribution in [0.5, 0.6) is 5.75 Å². The predicted molar refractivity (Wildman–Crippen MR) is 70.9 cm³/mol. The SMILES string of the molecule is COc1ccc(CC(=O)N2CCCNC(=O)C2)cc1. The molecule has 5 heteroatoms. The molecular formula is C14H18N2O3. The Balaban J connectivity index is 1.97. The van der Waals surface area contributed by atoms with Crippen molar-refractivity contribution >= 4 is 11.8 Å². The van der Waals surface area contributed by atoms with Gasteiger partial charge in [-0.25, -0.2) is 0 Å². The number of nitrogens with zero attached hydrogens (tertiary/aromatic N) is 1. The Morgan fingerprint density at radius 1 is 1.37 bits per heavy atom. The largest absolute Gasteiger partial charge is 0.497 e. The molecule has 102 valence electrons. The molecule has 0 aliphatic carbocycles. The fourth-order valence-electron chi connectivity index (χ4n) is 2.05. The Morgan fingerprint density at radius 3 is 2.79 bits per heavy atom. The lowest BCUT2D eigenvalue weighted by molar-refractivity contribution is -0.134. The molecule has 0 atom stereocenters. The Labute approximate surface area is 112 Å². The van der Waals surface area contributed by atoms with Crippen LogP contribution in [0.2, 0.25) is 0 Å². The fourth-order valence-corrected chi connectivity index (χ4v) is 2.05. The van der Waals surface area contributed by atoms with E-state index in [9.17, 15) is 9.59 Å². The zero-order valence-corrected chi connectivity index (χ0v) is 11.0. The molecule has 0 spiro atoms. The number of hydrogen-bond acceptors (Lipinski definition) is 3. The van der Waals surface area contributed by atoms with E-state index in [1.807, 2.05) is 24.3 Å². The van der Waals surface area contributed by atoms with E-state index in [-0.39, 0.29) is 18.4 Å². The molecule has 1 N–H and O–H groups in total. The molecule has 0 unspecified atom stereocenters. The summed E-state index contributed by atoms with van der Waals surface area (Å²) in [6, 6.07) is 7.40. The van der Waals surface area contributed by atoms with Gasteiger partial charge in [-0.3, -0.25) is 9.59 Å². The average Bonchev–Trinajstić information content (AvgIpc) is 2.64. The molecule has 19 heavy (non-hydrogen) atoms. The molecule has 5 nitrogen and oxygen atoms in total. The molecule has 0 aromatic heterocycles. The second kappa shape index (κ2) is 6.22. The van der Waals surface area contributed by atoms with Crippen LogP contribution in [-0.4, -0.2) is 43.5 Å². The van der Waals surface area contributed by atoms with Crippen LogP contribution < -0.4 is 10.1 Å². The number of ether oxygens (including phenoxy) is 1. The zero-order valence-electron chi connectivity index (χ0n) is 11.0. The van der Waals surface area contributed by atoms with Gasteiger partial charge in [-0.15, -0.1) is 0 Å². The fraction of sp³-hybridized carbons (Fsp3) is 0.429. The van der Waals surface area contributed by atoms with E-state index in [0.717, 1.165) is 17.7 Å². The molecule has 0 radical (unpaired) electrons. The van der Waals surface area contributed by atoms with E-state index in [2.05, 4.69) is 5.32 Å². The van der Waals surface area contributed by atoms with Crippen LogP contribution in [0.15, 0.2) is 24.3 Å². The first-order valence-corrected chi connectivity index (χ1v) is 6.36. The minimum atomic E-state index is -0.0828. The van der Waals surface area contributed by atoms with Crippen molar-refractivity contribution in [3.63, 3.8) is 0 Å². The summed E-state index contributed by atoms with van der Waals surface area (Å²) in [7, 11) is 1.61. The number of amides is 2. The standard InChI is InChI=1S/C14H18N2O3/c1-19-12-5-3-11(4-6-12)9-14(18)16-8-2-7-15-13(17)10-16/h3-6H,2,7-10H2,1H3,(H,15,17). The van der Waals surface area contributed by atoms with Crippen LogP contribution in [0, 0.1) is 0 Å². The summed E-state index contributed by atoms with van der Waals surface area (Å²) in [5.74, 6) is 0.674. The number of methoxy groups -OCH3 is 1. The van der Waals surface area contributed by atoms with Gasteiger partial charge in [-0.2, -0.15) is 0 Å². The van der Waals surface area contributed by atoms with Crippen molar-refractivity contribution in [1.82, 2.24) is 10.2 Å². The monoisotopic (exact) mass is 262 g/mol. The van der Waals surface area contributed by atoms with E-state index in [1.165, 1.54) is 0 Å². The third-order valence-corrected chi connectivity index (χ3v) is 3.13. The molecule has 0 bridgehead atoms. The van der Waals surface area contributed by atoms with Gasteiger partial charge < -0.3 is 15.0 Å². The van der Waals surface area contributed by atoms with E-state index in [0.29, 0.717) is 19.5 Å². The zero-order chi connectivity index (χ0) is 13.7. The first kappa shape index (κ1) is 13.4. The van der Waals surface area contributed by atoms with Gasteiger partial charge in [0, 0.05) is 13.1 Å². The lowest BCUT2D eigenvalue weighted by Crippen LogP contribution is -2.38. The minimum Gasteiger partial charge on any atom is -0.497 e. The molecule has 2 rings (SSSR count). The molecule has 1 aliphatic heterocycles. The summed E-state index contributed by atoms with van der Waals surface area (Å²) in [4.78, 5) is 25.2. The van der Waals surface area contributed by atoms with E-state index < -0.39 is 0 Å². The van der Waals surface area contributed by atoms with Crippen molar-refractivity contribution in [2.24, 2.45) is 0 Å². The summed E-state index contributed by atoms with van der Waals surface area (Å²) in [6.07, 6.45) is 1.12. The molecule has 1 heterocycles. The lowest BCUT2D eigenvalue weighted by atomic mass is 10.1. The van der Waals surface area contributed by atoms with Crippen LogP contribution in [0.4, 0.5) is 0 Å². The van der Waals surface area contributed by atoms with Gasteiger partial charge in [-0.1, -0.05) is 12.1 Å². The average molecular weight is 262 g/mol. The molecule has 1 aliphatic rings. The first-order chi connectivity index (χ1) is 9.19. The van der Waals surface area contributed by atoms with Crippen LogP contribution >= 0.6 is 0 Å². The predicted octanol–water partition coefficient (Wildman–Crippen LogP) is 0.586. The van der Waals surface area contributed by atoms with Crippen LogP contribution in [-0.2, 0) is 16.0 Å². The van der Waals surface area contributed by atoms with Crippen molar-refractivity contribution in [2.45, 2.75) is 12.8 Å². The Kier molecular flexibility index (Phi) is 4.39. The molecule has 1 fully saturated rings. The molecule has 1 saturated heterocycles. The molecule has 2 amide bonds. The number of rotatable bonds is 3. The highest BCUT2D eigenvalue weighted by molar-refractivity contribution is 5.86. The topological polar surface area (TPSA) is 58.6 Å². The number of hydrogen-bond donors (Lipinski definition) is 1. The van der Waals surface area contributed by atoms with Crippen molar-refractivity contribution < 1.29 is 14.3 Å². The van der Waals surface area contributed by atoms with Crippen LogP contribution in [0.25, 0.3) is 0 Å². The Bertz CT molecular complexity index is 456. The Morgan fingerprint density at radius 2 is 2.11 bits per heavy atom.